The Labute approximate surface area is 141 Å². The van der Waals surface area contributed by atoms with E-state index in [0.29, 0.717) is 12.2 Å². The van der Waals surface area contributed by atoms with Gasteiger partial charge in [-0.2, -0.15) is 4.39 Å². The molecule has 5 heteroatoms. The zero-order chi connectivity index (χ0) is 16.9. The highest BCUT2D eigenvalue weighted by molar-refractivity contribution is 5.16. The van der Waals surface area contributed by atoms with E-state index in [0.717, 1.165) is 31.5 Å². The SMILES string of the molecule is CC(c1ccc(F)nc1)N1CCC(OCc2ccccc2F)CC1. The van der Waals surface area contributed by atoms with Gasteiger partial charge in [0.25, 0.3) is 0 Å². The largest absolute Gasteiger partial charge is 0.373 e. The zero-order valence-electron chi connectivity index (χ0n) is 13.8. The van der Waals surface area contributed by atoms with Crippen LogP contribution in [0.3, 0.4) is 0 Å². The lowest BCUT2D eigenvalue weighted by Gasteiger charge is -2.36. The Morgan fingerprint density at radius 2 is 1.92 bits per heavy atom. The average molecular weight is 332 g/mol. The molecule has 0 amide bonds. The lowest BCUT2D eigenvalue weighted by atomic mass is 10.0. The van der Waals surface area contributed by atoms with Gasteiger partial charge >= 0.3 is 0 Å². The van der Waals surface area contributed by atoms with E-state index in [9.17, 15) is 8.78 Å². The first-order chi connectivity index (χ1) is 11.6. The van der Waals surface area contributed by atoms with Crippen molar-refractivity contribution in [2.24, 2.45) is 0 Å². The quantitative estimate of drug-likeness (QED) is 0.771. The summed E-state index contributed by atoms with van der Waals surface area (Å²) in [6.45, 7) is 4.23. The molecular weight excluding hydrogens is 310 g/mol. The van der Waals surface area contributed by atoms with Crippen LogP contribution in [0.4, 0.5) is 8.78 Å². The van der Waals surface area contributed by atoms with E-state index in [4.69, 9.17) is 4.74 Å². The Kier molecular flexibility index (Phi) is 5.53. The number of pyridine rings is 1. The van der Waals surface area contributed by atoms with Crippen molar-refractivity contribution in [1.82, 2.24) is 9.88 Å². The molecule has 0 N–H and O–H groups in total. The molecule has 0 saturated carbocycles. The second-order valence-corrected chi connectivity index (χ2v) is 6.23. The van der Waals surface area contributed by atoms with Gasteiger partial charge in [-0.15, -0.1) is 0 Å². The third-order valence-electron chi connectivity index (χ3n) is 4.69. The molecule has 1 aromatic heterocycles. The monoisotopic (exact) mass is 332 g/mol. The molecular formula is C19H22F2N2O. The van der Waals surface area contributed by atoms with Crippen molar-refractivity contribution >= 4 is 0 Å². The van der Waals surface area contributed by atoms with Crippen LogP contribution in [0.5, 0.6) is 0 Å². The van der Waals surface area contributed by atoms with Gasteiger partial charge in [0.15, 0.2) is 0 Å². The fourth-order valence-corrected chi connectivity index (χ4v) is 3.10. The van der Waals surface area contributed by atoms with Crippen molar-refractivity contribution in [2.75, 3.05) is 13.1 Å². The first kappa shape index (κ1) is 17.0. The minimum absolute atomic E-state index is 0.152. The molecule has 1 atom stereocenters. The maximum absolute atomic E-state index is 13.6. The number of hydrogen-bond donors (Lipinski definition) is 0. The molecule has 128 valence electrons. The number of likely N-dealkylation sites (tertiary alicyclic amines) is 1. The molecule has 1 saturated heterocycles. The van der Waals surface area contributed by atoms with Gasteiger partial charge in [-0.1, -0.05) is 24.3 Å². The van der Waals surface area contributed by atoms with E-state index >= 15 is 0 Å². The molecule has 2 aromatic rings. The molecule has 1 aliphatic rings. The van der Waals surface area contributed by atoms with E-state index in [1.165, 1.54) is 12.1 Å². The van der Waals surface area contributed by atoms with Crippen molar-refractivity contribution in [2.45, 2.75) is 38.5 Å². The number of nitrogens with zero attached hydrogens (tertiary/aromatic N) is 2. The topological polar surface area (TPSA) is 25.4 Å². The van der Waals surface area contributed by atoms with E-state index in [1.807, 2.05) is 6.07 Å². The van der Waals surface area contributed by atoms with Crippen molar-refractivity contribution < 1.29 is 13.5 Å². The van der Waals surface area contributed by atoms with E-state index in [1.54, 1.807) is 24.4 Å². The van der Waals surface area contributed by atoms with Gasteiger partial charge in [0.1, 0.15) is 5.82 Å². The number of ether oxygens (including phenoxy) is 1. The average Bonchev–Trinajstić information content (AvgIpc) is 2.62. The molecule has 24 heavy (non-hydrogen) atoms. The van der Waals surface area contributed by atoms with Crippen LogP contribution in [0.15, 0.2) is 42.6 Å². The first-order valence-electron chi connectivity index (χ1n) is 8.34. The summed E-state index contributed by atoms with van der Waals surface area (Å²) in [5.74, 6) is -0.668. The molecule has 0 spiro atoms. The normalized spacial score (nSPS) is 17.8. The van der Waals surface area contributed by atoms with Crippen LogP contribution >= 0.6 is 0 Å². The summed E-state index contributed by atoms with van der Waals surface area (Å²) in [5, 5.41) is 0. The zero-order valence-corrected chi connectivity index (χ0v) is 13.8. The van der Waals surface area contributed by atoms with Crippen LogP contribution in [-0.4, -0.2) is 29.1 Å². The minimum Gasteiger partial charge on any atom is -0.373 e. The lowest BCUT2D eigenvalue weighted by Crippen LogP contribution is -2.38. The standard InChI is InChI=1S/C19H22F2N2O/c1-14(15-6-7-19(21)22-12-15)23-10-8-17(9-11-23)24-13-16-4-2-3-5-18(16)20/h2-7,12,14,17H,8-11,13H2,1H3. The fourth-order valence-electron chi connectivity index (χ4n) is 3.10. The van der Waals surface area contributed by atoms with Gasteiger partial charge in [0, 0.05) is 30.9 Å². The highest BCUT2D eigenvalue weighted by Crippen LogP contribution is 2.25. The van der Waals surface area contributed by atoms with Crippen LogP contribution in [0.2, 0.25) is 0 Å². The molecule has 0 radical (unpaired) electrons. The molecule has 1 aromatic carbocycles. The molecule has 2 heterocycles. The minimum atomic E-state index is -0.453. The summed E-state index contributed by atoms with van der Waals surface area (Å²) in [7, 11) is 0. The summed E-state index contributed by atoms with van der Waals surface area (Å²) in [6.07, 6.45) is 3.57. The fraction of sp³-hybridized carbons (Fsp3) is 0.421. The predicted octanol–water partition coefficient (Wildman–Crippen LogP) is 4.10. The summed E-state index contributed by atoms with van der Waals surface area (Å²) >= 11 is 0. The van der Waals surface area contributed by atoms with Crippen molar-refractivity contribution in [3.8, 4) is 0 Å². The Balaban J connectivity index is 1.48. The van der Waals surface area contributed by atoms with Gasteiger partial charge in [-0.3, -0.25) is 4.90 Å². The Bertz CT molecular complexity index is 655. The third-order valence-corrected chi connectivity index (χ3v) is 4.69. The highest BCUT2D eigenvalue weighted by Gasteiger charge is 2.24. The van der Waals surface area contributed by atoms with Gasteiger partial charge < -0.3 is 4.74 Å². The predicted molar refractivity (Wildman–Crippen MR) is 88.4 cm³/mol. The first-order valence-corrected chi connectivity index (χ1v) is 8.34. The van der Waals surface area contributed by atoms with Crippen LogP contribution in [-0.2, 0) is 11.3 Å². The summed E-state index contributed by atoms with van der Waals surface area (Å²) in [5.41, 5.74) is 1.62. The third kappa shape index (κ3) is 4.16. The van der Waals surface area contributed by atoms with Gasteiger partial charge in [-0.25, -0.2) is 9.37 Å². The molecule has 0 bridgehead atoms. The Morgan fingerprint density at radius 1 is 1.17 bits per heavy atom. The second kappa shape index (κ2) is 7.81. The lowest BCUT2D eigenvalue weighted by molar-refractivity contribution is -0.0107. The number of halogens is 2. The van der Waals surface area contributed by atoms with Crippen LogP contribution < -0.4 is 0 Å². The van der Waals surface area contributed by atoms with Crippen LogP contribution in [0.25, 0.3) is 0 Å². The Hall–Kier alpha value is -1.85. The summed E-state index contributed by atoms with van der Waals surface area (Å²) < 4.78 is 32.4. The van der Waals surface area contributed by atoms with E-state index in [2.05, 4.69) is 16.8 Å². The number of aromatic nitrogens is 1. The number of rotatable bonds is 5. The molecule has 1 unspecified atom stereocenters. The van der Waals surface area contributed by atoms with Gasteiger partial charge in [0.05, 0.1) is 12.7 Å². The molecule has 1 fully saturated rings. The van der Waals surface area contributed by atoms with Crippen LogP contribution in [0.1, 0.15) is 36.9 Å². The van der Waals surface area contributed by atoms with Crippen molar-refractivity contribution in [3.05, 3.63) is 65.5 Å². The molecule has 1 aliphatic heterocycles. The Morgan fingerprint density at radius 3 is 2.58 bits per heavy atom. The smallest absolute Gasteiger partial charge is 0.212 e. The second-order valence-electron chi connectivity index (χ2n) is 6.23. The summed E-state index contributed by atoms with van der Waals surface area (Å²) in [4.78, 5) is 6.07. The molecule has 3 nitrogen and oxygen atoms in total. The number of benzene rings is 1. The number of piperidine rings is 1. The van der Waals surface area contributed by atoms with Crippen LogP contribution in [0, 0.1) is 11.8 Å². The highest BCUT2D eigenvalue weighted by atomic mass is 19.1. The maximum Gasteiger partial charge on any atom is 0.212 e. The van der Waals surface area contributed by atoms with Gasteiger partial charge in [0.2, 0.25) is 5.95 Å². The van der Waals surface area contributed by atoms with Gasteiger partial charge in [-0.05, 0) is 37.5 Å². The molecule has 0 aliphatic carbocycles. The molecule has 3 rings (SSSR count). The van der Waals surface area contributed by atoms with Crippen molar-refractivity contribution in [1.29, 1.82) is 0 Å². The number of hydrogen-bond acceptors (Lipinski definition) is 3. The summed E-state index contributed by atoms with van der Waals surface area (Å²) in [6, 6.07) is 10.1. The van der Waals surface area contributed by atoms with Crippen molar-refractivity contribution in [3.63, 3.8) is 0 Å². The maximum atomic E-state index is 13.6. The van der Waals surface area contributed by atoms with E-state index in [-0.39, 0.29) is 18.0 Å². The van der Waals surface area contributed by atoms with E-state index < -0.39 is 5.95 Å².